The molecular weight excluding hydrogens is 573 g/mol. The summed E-state index contributed by atoms with van der Waals surface area (Å²) in [5.41, 5.74) is 2.78. The standard InChI is InChI=1S/C28H19ClFN5O3S2/c1-15-22(34-13-3-2-4-20(34)31-15)24(36)21-23(17-7-9-18(29)10-8-17)35(26(38)25(21)37)27-32-33-28(40-27)39-14-16-5-11-19(30)12-6-16/h2-13,23,36H,14H2,1H3/b24-21+. The molecule has 2 aromatic carbocycles. The van der Waals surface area contributed by atoms with Crippen molar-refractivity contribution >= 4 is 62.9 Å². The fraction of sp³-hybridized carbons (Fsp3) is 0.107. The van der Waals surface area contributed by atoms with Gasteiger partial charge in [0.1, 0.15) is 17.2 Å². The summed E-state index contributed by atoms with van der Waals surface area (Å²) < 4.78 is 15.5. The van der Waals surface area contributed by atoms with Gasteiger partial charge < -0.3 is 5.11 Å². The predicted octanol–water partition coefficient (Wildman–Crippen LogP) is 6.21. The average Bonchev–Trinajstić information content (AvgIpc) is 3.62. The van der Waals surface area contributed by atoms with E-state index >= 15 is 0 Å². The fourth-order valence-electron chi connectivity index (χ4n) is 4.60. The van der Waals surface area contributed by atoms with Gasteiger partial charge in [-0.1, -0.05) is 65.0 Å². The number of rotatable bonds is 6. The van der Waals surface area contributed by atoms with Crippen molar-refractivity contribution in [2.24, 2.45) is 0 Å². The molecule has 0 radical (unpaired) electrons. The molecule has 12 heteroatoms. The molecule has 1 aliphatic heterocycles. The van der Waals surface area contributed by atoms with E-state index in [1.54, 1.807) is 66.1 Å². The molecule has 3 aromatic heterocycles. The molecule has 0 spiro atoms. The maximum atomic E-state index is 13.5. The van der Waals surface area contributed by atoms with E-state index in [0.717, 1.165) is 16.9 Å². The Hall–Kier alpha value is -4.06. The number of benzene rings is 2. The number of aromatic nitrogens is 4. The number of imidazole rings is 1. The normalized spacial score (nSPS) is 16.8. The number of hydrogen-bond donors (Lipinski definition) is 1. The summed E-state index contributed by atoms with van der Waals surface area (Å²) in [5, 5.41) is 20.7. The Balaban J connectivity index is 1.43. The second-order valence-electron chi connectivity index (χ2n) is 8.96. The Morgan fingerprint density at radius 2 is 1.82 bits per heavy atom. The van der Waals surface area contributed by atoms with Crippen LogP contribution in [0.2, 0.25) is 5.02 Å². The predicted molar refractivity (Wildman–Crippen MR) is 152 cm³/mol. The summed E-state index contributed by atoms with van der Waals surface area (Å²) >= 11 is 8.65. The molecule has 0 bridgehead atoms. The van der Waals surface area contributed by atoms with Crippen LogP contribution in [0.4, 0.5) is 9.52 Å². The van der Waals surface area contributed by atoms with Crippen LogP contribution in [0.25, 0.3) is 11.4 Å². The van der Waals surface area contributed by atoms with Crippen LogP contribution >= 0.6 is 34.7 Å². The third-order valence-corrected chi connectivity index (χ3v) is 8.82. The number of aliphatic hydroxyl groups is 1. The lowest BCUT2D eigenvalue weighted by atomic mass is 9.96. The first-order chi connectivity index (χ1) is 19.3. The van der Waals surface area contributed by atoms with Gasteiger partial charge in [0.2, 0.25) is 5.13 Å². The summed E-state index contributed by atoms with van der Waals surface area (Å²) in [6.07, 6.45) is 1.73. The zero-order chi connectivity index (χ0) is 28.0. The maximum Gasteiger partial charge on any atom is 0.301 e. The number of carbonyl (C=O) groups excluding carboxylic acids is 2. The highest BCUT2D eigenvalue weighted by Gasteiger charge is 2.48. The van der Waals surface area contributed by atoms with E-state index in [1.165, 1.54) is 28.8 Å². The van der Waals surface area contributed by atoms with Crippen molar-refractivity contribution in [2.75, 3.05) is 4.90 Å². The first-order valence-electron chi connectivity index (χ1n) is 12.0. The summed E-state index contributed by atoms with van der Waals surface area (Å²) in [6, 6.07) is 17.3. The van der Waals surface area contributed by atoms with Crippen LogP contribution in [0.15, 0.2) is 82.8 Å². The smallest absolute Gasteiger partial charge is 0.301 e. The third-order valence-electron chi connectivity index (χ3n) is 6.44. The third kappa shape index (κ3) is 4.66. The molecule has 8 nitrogen and oxygen atoms in total. The molecule has 5 aromatic rings. The second-order valence-corrected chi connectivity index (χ2v) is 11.6. The van der Waals surface area contributed by atoms with Crippen LogP contribution in [0.1, 0.15) is 28.6 Å². The number of ketones is 1. The molecule has 1 atom stereocenters. The van der Waals surface area contributed by atoms with Crippen LogP contribution in [-0.2, 0) is 15.3 Å². The molecule has 0 saturated carbocycles. The highest BCUT2D eigenvalue weighted by Crippen LogP contribution is 2.44. The number of Topliss-reactive ketones (excluding diaryl/α,β-unsaturated/α-hetero) is 1. The van der Waals surface area contributed by atoms with E-state index in [0.29, 0.717) is 37.7 Å². The average molecular weight is 592 g/mol. The largest absolute Gasteiger partial charge is 0.505 e. The summed E-state index contributed by atoms with van der Waals surface area (Å²) in [6.45, 7) is 1.73. The van der Waals surface area contributed by atoms with E-state index in [4.69, 9.17) is 11.6 Å². The van der Waals surface area contributed by atoms with Crippen molar-refractivity contribution in [3.05, 3.63) is 112 Å². The molecule has 40 heavy (non-hydrogen) atoms. The fourth-order valence-corrected chi connectivity index (χ4v) is 6.55. The number of pyridine rings is 1. The van der Waals surface area contributed by atoms with Crippen molar-refractivity contribution in [1.82, 2.24) is 19.6 Å². The lowest BCUT2D eigenvalue weighted by Crippen LogP contribution is -2.29. The zero-order valence-electron chi connectivity index (χ0n) is 20.8. The van der Waals surface area contributed by atoms with Gasteiger partial charge in [-0.2, -0.15) is 0 Å². The van der Waals surface area contributed by atoms with Gasteiger partial charge in [-0.15, -0.1) is 10.2 Å². The summed E-state index contributed by atoms with van der Waals surface area (Å²) in [5.74, 6) is -1.82. The van der Waals surface area contributed by atoms with E-state index in [-0.39, 0.29) is 22.3 Å². The van der Waals surface area contributed by atoms with Gasteiger partial charge in [-0.3, -0.25) is 18.9 Å². The Kier molecular flexibility index (Phi) is 6.87. The van der Waals surface area contributed by atoms with Gasteiger partial charge in [-0.25, -0.2) is 9.37 Å². The quantitative estimate of drug-likeness (QED) is 0.0824. The van der Waals surface area contributed by atoms with E-state index < -0.39 is 17.7 Å². The molecule has 1 amide bonds. The molecule has 1 N–H and O–H groups in total. The van der Waals surface area contributed by atoms with Crippen LogP contribution in [0, 0.1) is 12.7 Å². The maximum absolute atomic E-state index is 13.5. The molecule has 4 heterocycles. The molecule has 200 valence electrons. The number of halogens is 2. The number of nitrogens with zero attached hydrogens (tertiary/aromatic N) is 5. The Morgan fingerprint density at radius 3 is 2.58 bits per heavy atom. The lowest BCUT2D eigenvalue weighted by molar-refractivity contribution is -0.132. The Bertz CT molecular complexity index is 1800. The highest BCUT2D eigenvalue weighted by atomic mass is 35.5. The molecule has 0 aliphatic carbocycles. The van der Waals surface area contributed by atoms with Crippen molar-refractivity contribution in [3.8, 4) is 0 Å². The highest BCUT2D eigenvalue weighted by molar-refractivity contribution is 8.00. The minimum Gasteiger partial charge on any atom is -0.505 e. The number of carbonyl (C=O) groups is 2. The molecule has 1 saturated heterocycles. The number of amides is 1. The summed E-state index contributed by atoms with van der Waals surface area (Å²) in [7, 11) is 0. The second kappa shape index (κ2) is 10.5. The molecule has 1 aliphatic rings. The van der Waals surface area contributed by atoms with Crippen LogP contribution < -0.4 is 4.90 Å². The molecule has 6 rings (SSSR count). The number of aryl methyl sites for hydroxylation is 1. The van der Waals surface area contributed by atoms with Gasteiger partial charge in [0, 0.05) is 17.0 Å². The van der Waals surface area contributed by atoms with Crippen molar-refractivity contribution in [2.45, 2.75) is 23.1 Å². The van der Waals surface area contributed by atoms with Crippen molar-refractivity contribution < 1.29 is 19.1 Å². The van der Waals surface area contributed by atoms with E-state index in [2.05, 4.69) is 15.2 Å². The van der Waals surface area contributed by atoms with Gasteiger partial charge in [0.25, 0.3) is 5.78 Å². The number of thioether (sulfide) groups is 1. The number of hydrogen-bond acceptors (Lipinski definition) is 8. The van der Waals surface area contributed by atoms with Gasteiger partial charge in [0.05, 0.1) is 17.3 Å². The number of anilines is 1. The summed E-state index contributed by atoms with van der Waals surface area (Å²) in [4.78, 5) is 32.8. The van der Waals surface area contributed by atoms with Gasteiger partial charge in [-0.05, 0) is 54.4 Å². The van der Waals surface area contributed by atoms with Gasteiger partial charge >= 0.3 is 5.91 Å². The van der Waals surface area contributed by atoms with Crippen LogP contribution in [0.5, 0.6) is 0 Å². The van der Waals surface area contributed by atoms with Crippen molar-refractivity contribution in [3.63, 3.8) is 0 Å². The molecular formula is C28H19ClFN5O3S2. The van der Waals surface area contributed by atoms with E-state index in [9.17, 15) is 19.1 Å². The molecule has 1 fully saturated rings. The minimum absolute atomic E-state index is 0.0863. The SMILES string of the molecule is Cc1nc2ccccn2c1/C(O)=C1\C(=O)C(=O)N(c2nnc(SCc3ccc(F)cc3)s2)C1c1ccc(Cl)cc1. The first kappa shape index (κ1) is 26.2. The van der Waals surface area contributed by atoms with Gasteiger partial charge in [0.15, 0.2) is 10.1 Å². The zero-order valence-corrected chi connectivity index (χ0v) is 23.2. The van der Waals surface area contributed by atoms with Crippen LogP contribution in [0.3, 0.4) is 0 Å². The lowest BCUT2D eigenvalue weighted by Gasteiger charge is -2.22. The number of fused-ring (bicyclic) bond motifs is 1. The Labute approximate surface area is 240 Å². The first-order valence-corrected chi connectivity index (χ1v) is 14.2. The van der Waals surface area contributed by atoms with Crippen molar-refractivity contribution in [1.29, 1.82) is 0 Å². The topological polar surface area (TPSA) is 101 Å². The number of aliphatic hydroxyl groups excluding tert-OH is 1. The van der Waals surface area contributed by atoms with Crippen LogP contribution in [-0.4, -0.2) is 36.4 Å². The molecule has 1 unspecified atom stereocenters. The minimum atomic E-state index is -0.978. The monoisotopic (exact) mass is 591 g/mol. The Morgan fingerprint density at radius 1 is 1.07 bits per heavy atom. The van der Waals surface area contributed by atoms with E-state index in [1.807, 2.05) is 6.07 Å².